The third-order valence-corrected chi connectivity index (χ3v) is 5.53. The molecule has 0 aliphatic carbocycles. The molecule has 4 rings (SSSR count). The number of carbonyl (C=O) groups excluding carboxylic acids is 1. The number of hydrogen-bond donors (Lipinski definition) is 0. The van der Waals surface area contributed by atoms with Crippen molar-refractivity contribution in [1.29, 1.82) is 0 Å². The van der Waals surface area contributed by atoms with E-state index in [4.69, 9.17) is 4.74 Å². The van der Waals surface area contributed by atoms with Crippen LogP contribution in [0.5, 0.6) is 0 Å². The standard InChI is InChI=1S/C19H21N3O2S/c1-24-11-10-22-16-7-3-2-6-14(16)12-17(22)18-20-15(13-25-18)19(23)21-8-4-5-9-21/h2-3,6-7,12-13H,4-5,8-11H2,1H3. The van der Waals surface area contributed by atoms with E-state index in [2.05, 4.69) is 27.8 Å². The van der Waals surface area contributed by atoms with Crippen molar-refractivity contribution in [2.45, 2.75) is 19.4 Å². The molecule has 2 aromatic heterocycles. The fourth-order valence-electron chi connectivity index (χ4n) is 3.38. The summed E-state index contributed by atoms with van der Waals surface area (Å²) in [5.74, 6) is 0.0551. The molecule has 5 nitrogen and oxygen atoms in total. The fraction of sp³-hybridized carbons (Fsp3) is 0.368. The number of hydrogen-bond acceptors (Lipinski definition) is 4. The Labute approximate surface area is 150 Å². The SMILES string of the molecule is COCCn1c(-c2nc(C(=O)N3CCCC3)cs2)cc2ccccc21. The van der Waals surface area contributed by atoms with Gasteiger partial charge in [0.15, 0.2) is 0 Å². The quantitative estimate of drug-likeness (QED) is 0.702. The van der Waals surface area contributed by atoms with Gasteiger partial charge in [-0.15, -0.1) is 11.3 Å². The first-order valence-electron chi connectivity index (χ1n) is 8.60. The minimum absolute atomic E-state index is 0.0551. The molecular formula is C19H21N3O2S. The first-order valence-corrected chi connectivity index (χ1v) is 9.48. The molecule has 3 aromatic rings. The van der Waals surface area contributed by atoms with Gasteiger partial charge in [0, 0.05) is 43.0 Å². The molecule has 6 heteroatoms. The summed E-state index contributed by atoms with van der Waals surface area (Å²) in [6.07, 6.45) is 2.18. The maximum atomic E-state index is 12.6. The number of likely N-dealkylation sites (tertiary alicyclic amines) is 1. The summed E-state index contributed by atoms with van der Waals surface area (Å²) >= 11 is 1.53. The predicted molar refractivity (Wildman–Crippen MR) is 100 cm³/mol. The number of thiazole rings is 1. The van der Waals surface area contributed by atoms with Gasteiger partial charge in [-0.2, -0.15) is 0 Å². The van der Waals surface area contributed by atoms with Gasteiger partial charge in [-0.3, -0.25) is 4.79 Å². The largest absolute Gasteiger partial charge is 0.383 e. The minimum atomic E-state index is 0.0551. The van der Waals surface area contributed by atoms with E-state index in [1.807, 2.05) is 22.4 Å². The Kier molecular flexibility index (Phi) is 4.55. The van der Waals surface area contributed by atoms with E-state index < -0.39 is 0 Å². The van der Waals surface area contributed by atoms with E-state index in [0.717, 1.165) is 48.7 Å². The van der Waals surface area contributed by atoms with E-state index in [-0.39, 0.29) is 5.91 Å². The van der Waals surface area contributed by atoms with Crippen LogP contribution >= 0.6 is 11.3 Å². The fourth-order valence-corrected chi connectivity index (χ4v) is 4.20. The van der Waals surface area contributed by atoms with Crippen LogP contribution in [-0.4, -0.2) is 47.2 Å². The summed E-state index contributed by atoms with van der Waals surface area (Å²) in [7, 11) is 1.71. The Bertz CT molecular complexity index is 893. The molecule has 0 unspecified atom stereocenters. The van der Waals surface area contributed by atoms with Crippen molar-refractivity contribution < 1.29 is 9.53 Å². The lowest BCUT2D eigenvalue weighted by Gasteiger charge is -2.12. The number of amides is 1. The van der Waals surface area contributed by atoms with Crippen molar-refractivity contribution in [1.82, 2.24) is 14.5 Å². The van der Waals surface area contributed by atoms with Gasteiger partial charge in [0.2, 0.25) is 0 Å². The molecular weight excluding hydrogens is 334 g/mol. The van der Waals surface area contributed by atoms with E-state index >= 15 is 0 Å². The number of methoxy groups -OCH3 is 1. The van der Waals surface area contributed by atoms with Crippen LogP contribution in [0.25, 0.3) is 21.6 Å². The van der Waals surface area contributed by atoms with Crippen LogP contribution in [0.4, 0.5) is 0 Å². The Morgan fingerprint density at radius 2 is 2.08 bits per heavy atom. The molecule has 1 amide bonds. The van der Waals surface area contributed by atoms with Crippen LogP contribution in [0.1, 0.15) is 23.3 Å². The first-order chi connectivity index (χ1) is 12.3. The maximum absolute atomic E-state index is 12.6. The zero-order valence-electron chi connectivity index (χ0n) is 14.3. The molecule has 25 heavy (non-hydrogen) atoms. The second-order valence-corrected chi connectivity index (χ2v) is 7.13. The molecule has 130 valence electrons. The summed E-state index contributed by atoms with van der Waals surface area (Å²) in [6, 6.07) is 10.4. The molecule has 0 N–H and O–H groups in total. The Morgan fingerprint density at radius 3 is 2.88 bits per heavy atom. The Morgan fingerprint density at radius 1 is 1.28 bits per heavy atom. The lowest BCUT2D eigenvalue weighted by atomic mass is 10.2. The average Bonchev–Trinajstić information content (AvgIpc) is 3.38. The van der Waals surface area contributed by atoms with Gasteiger partial charge in [-0.1, -0.05) is 18.2 Å². The van der Waals surface area contributed by atoms with Crippen molar-refractivity contribution in [2.75, 3.05) is 26.8 Å². The van der Waals surface area contributed by atoms with Crippen molar-refractivity contribution in [3.8, 4) is 10.7 Å². The van der Waals surface area contributed by atoms with Gasteiger partial charge in [0.05, 0.1) is 12.3 Å². The molecule has 1 aromatic carbocycles. The van der Waals surface area contributed by atoms with Gasteiger partial charge in [-0.05, 0) is 25.0 Å². The molecule has 3 heterocycles. The van der Waals surface area contributed by atoms with E-state index in [9.17, 15) is 4.79 Å². The summed E-state index contributed by atoms with van der Waals surface area (Å²) in [5.41, 5.74) is 2.77. The van der Waals surface area contributed by atoms with Crippen LogP contribution in [0.15, 0.2) is 35.7 Å². The lowest BCUT2D eigenvalue weighted by Crippen LogP contribution is -2.27. The average molecular weight is 355 g/mol. The second-order valence-electron chi connectivity index (χ2n) is 6.27. The normalized spacial score (nSPS) is 14.5. The van der Waals surface area contributed by atoms with Gasteiger partial charge in [0.25, 0.3) is 5.91 Å². The number of aromatic nitrogens is 2. The highest BCUT2D eigenvalue weighted by Gasteiger charge is 2.23. The van der Waals surface area contributed by atoms with Crippen molar-refractivity contribution in [3.05, 3.63) is 41.4 Å². The number of rotatable bonds is 5. The third kappa shape index (κ3) is 3.07. The molecule has 0 spiro atoms. The van der Waals surface area contributed by atoms with Crippen molar-refractivity contribution >= 4 is 28.1 Å². The summed E-state index contributed by atoms with van der Waals surface area (Å²) in [4.78, 5) is 19.1. The topological polar surface area (TPSA) is 47.4 Å². The van der Waals surface area contributed by atoms with E-state index in [0.29, 0.717) is 12.3 Å². The lowest BCUT2D eigenvalue weighted by molar-refractivity contribution is 0.0788. The van der Waals surface area contributed by atoms with Crippen LogP contribution in [0.3, 0.4) is 0 Å². The third-order valence-electron chi connectivity index (χ3n) is 4.67. The maximum Gasteiger partial charge on any atom is 0.273 e. The van der Waals surface area contributed by atoms with Gasteiger partial charge < -0.3 is 14.2 Å². The van der Waals surface area contributed by atoms with Gasteiger partial charge in [0.1, 0.15) is 10.7 Å². The summed E-state index contributed by atoms with van der Waals surface area (Å²) in [5, 5.41) is 3.94. The van der Waals surface area contributed by atoms with Crippen LogP contribution in [-0.2, 0) is 11.3 Å². The Hall–Kier alpha value is -2.18. The van der Waals surface area contributed by atoms with Crippen molar-refractivity contribution in [2.24, 2.45) is 0 Å². The molecule has 1 aliphatic heterocycles. The van der Waals surface area contributed by atoms with E-state index in [1.165, 1.54) is 16.7 Å². The molecule has 0 saturated carbocycles. The second kappa shape index (κ2) is 6.98. The van der Waals surface area contributed by atoms with Gasteiger partial charge >= 0.3 is 0 Å². The van der Waals surface area contributed by atoms with E-state index in [1.54, 1.807) is 7.11 Å². The number of fused-ring (bicyclic) bond motifs is 1. The molecule has 1 fully saturated rings. The highest BCUT2D eigenvalue weighted by Crippen LogP contribution is 2.31. The number of ether oxygens (including phenoxy) is 1. The zero-order chi connectivity index (χ0) is 17.2. The highest BCUT2D eigenvalue weighted by atomic mass is 32.1. The minimum Gasteiger partial charge on any atom is -0.383 e. The summed E-state index contributed by atoms with van der Waals surface area (Å²) < 4.78 is 7.49. The van der Waals surface area contributed by atoms with Crippen LogP contribution in [0.2, 0.25) is 0 Å². The summed E-state index contributed by atoms with van der Waals surface area (Å²) in [6.45, 7) is 3.09. The molecule has 0 radical (unpaired) electrons. The van der Waals surface area contributed by atoms with Crippen molar-refractivity contribution in [3.63, 3.8) is 0 Å². The number of carbonyl (C=O) groups is 1. The molecule has 1 aliphatic rings. The number of benzene rings is 1. The van der Waals surface area contributed by atoms with Crippen LogP contribution in [0, 0.1) is 0 Å². The highest BCUT2D eigenvalue weighted by molar-refractivity contribution is 7.13. The predicted octanol–water partition coefficient (Wildman–Crippen LogP) is 3.65. The molecule has 0 atom stereocenters. The monoisotopic (exact) mass is 355 g/mol. The smallest absolute Gasteiger partial charge is 0.273 e. The molecule has 1 saturated heterocycles. The molecule has 0 bridgehead atoms. The Balaban J connectivity index is 1.70. The first kappa shape index (κ1) is 16.3. The van der Waals surface area contributed by atoms with Gasteiger partial charge in [-0.25, -0.2) is 4.98 Å². The number of nitrogens with zero attached hydrogens (tertiary/aromatic N) is 3. The zero-order valence-corrected chi connectivity index (χ0v) is 15.1. The van der Waals surface area contributed by atoms with Crippen LogP contribution < -0.4 is 0 Å². The number of para-hydroxylation sites is 1.